The lowest BCUT2D eigenvalue weighted by molar-refractivity contribution is 0.0575. The van der Waals surface area contributed by atoms with Crippen molar-refractivity contribution >= 4 is 11.7 Å². The zero-order chi connectivity index (χ0) is 16.7. The molecular formula is C18H26N2O3. The predicted molar refractivity (Wildman–Crippen MR) is 91.7 cm³/mol. The standard InChI is InChI=1S/C18H26N2O3/c1-3-11-23-16-9-6-8-15(12-16)19-18(22)20(2)13-14-7-4-5-10-17(14)21/h3,6,8-9,12,14,17,21H,1,4-5,7,10-11,13H2,2H3,(H,19,22). The van der Waals surface area contributed by atoms with Gasteiger partial charge in [0, 0.05) is 31.3 Å². The van der Waals surface area contributed by atoms with Gasteiger partial charge >= 0.3 is 6.03 Å². The molecule has 1 saturated carbocycles. The first kappa shape index (κ1) is 17.3. The van der Waals surface area contributed by atoms with E-state index >= 15 is 0 Å². The number of carbonyl (C=O) groups is 1. The molecule has 0 spiro atoms. The van der Waals surface area contributed by atoms with Crippen LogP contribution in [0, 0.1) is 5.92 Å². The molecule has 2 unspecified atom stereocenters. The van der Waals surface area contributed by atoms with Gasteiger partial charge in [-0.05, 0) is 25.0 Å². The highest BCUT2D eigenvalue weighted by atomic mass is 16.5. The summed E-state index contributed by atoms with van der Waals surface area (Å²) in [5.41, 5.74) is 0.688. The SMILES string of the molecule is C=CCOc1cccc(NC(=O)N(C)CC2CCCCC2O)c1. The quantitative estimate of drug-likeness (QED) is 0.791. The first-order valence-corrected chi connectivity index (χ1v) is 8.14. The molecule has 0 heterocycles. The Labute approximate surface area is 137 Å². The molecule has 2 atom stereocenters. The fourth-order valence-corrected chi connectivity index (χ4v) is 2.87. The first-order valence-electron chi connectivity index (χ1n) is 8.14. The second-order valence-corrected chi connectivity index (χ2v) is 6.05. The van der Waals surface area contributed by atoms with Gasteiger partial charge in [0.05, 0.1) is 6.10 Å². The molecule has 5 nitrogen and oxygen atoms in total. The molecule has 0 radical (unpaired) electrons. The number of rotatable bonds is 6. The highest BCUT2D eigenvalue weighted by Crippen LogP contribution is 2.25. The molecule has 0 bridgehead atoms. The number of benzene rings is 1. The van der Waals surface area contributed by atoms with Gasteiger partial charge in [0.1, 0.15) is 12.4 Å². The summed E-state index contributed by atoms with van der Waals surface area (Å²) in [6.07, 6.45) is 5.39. The maximum atomic E-state index is 12.3. The van der Waals surface area contributed by atoms with E-state index < -0.39 is 0 Å². The van der Waals surface area contributed by atoms with E-state index in [1.54, 1.807) is 24.1 Å². The van der Waals surface area contributed by atoms with E-state index in [1.165, 1.54) is 0 Å². The number of urea groups is 1. The molecule has 126 valence electrons. The van der Waals surface area contributed by atoms with E-state index in [2.05, 4.69) is 11.9 Å². The zero-order valence-electron chi connectivity index (χ0n) is 13.7. The number of aliphatic hydroxyl groups excluding tert-OH is 1. The molecule has 1 aromatic rings. The summed E-state index contributed by atoms with van der Waals surface area (Å²) in [6, 6.07) is 7.09. The fraction of sp³-hybridized carbons (Fsp3) is 0.500. The largest absolute Gasteiger partial charge is 0.489 e. The molecule has 0 aromatic heterocycles. The van der Waals surface area contributed by atoms with Crippen LogP contribution in [0.5, 0.6) is 5.75 Å². The number of aliphatic hydroxyl groups is 1. The Bertz CT molecular complexity index is 533. The van der Waals surface area contributed by atoms with Crippen LogP contribution in [0.4, 0.5) is 10.5 Å². The minimum atomic E-state index is -0.297. The van der Waals surface area contributed by atoms with Crippen LogP contribution in [0.15, 0.2) is 36.9 Å². The van der Waals surface area contributed by atoms with Crippen molar-refractivity contribution < 1.29 is 14.6 Å². The van der Waals surface area contributed by atoms with E-state index in [0.717, 1.165) is 25.7 Å². The normalized spacial score (nSPS) is 20.6. The van der Waals surface area contributed by atoms with Crippen LogP contribution in [-0.4, -0.2) is 42.3 Å². The molecule has 2 amide bonds. The summed E-state index contributed by atoms with van der Waals surface area (Å²) in [5, 5.41) is 12.9. The second kappa shape index (κ2) is 8.58. The van der Waals surface area contributed by atoms with Gasteiger partial charge in [0.2, 0.25) is 0 Å². The van der Waals surface area contributed by atoms with Crippen LogP contribution in [0.3, 0.4) is 0 Å². The minimum absolute atomic E-state index is 0.168. The summed E-state index contributed by atoms with van der Waals surface area (Å²) in [5.74, 6) is 0.856. The third-order valence-corrected chi connectivity index (χ3v) is 4.18. The third kappa shape index (κ3) is 5.28. The average Bonchev–Trinajstić information content (AvgIpc) is 2.55. The number of amides is 2. The van der Waals surface area contributed by atoms with Gasteiger partial charge in [-0.15, -0.1) is 0 Å². The maximum absolute atomic E-state index is 12.3. The molecule has 0 saturated heterocycles. The second-order valence-electron chi connectivity index (χ2n) is 6.05. The molecule has 23 heavy (non-hydrogen) atoms. The summed E-state index contributed by atoms with van der Waals surface area (Å²) >= 11 is 0. The Morgan fingerprint density at radius 3 is 3.00 bits per heavy atom. The van der Waals surface area contributed by atoms with Crippen molar-refractivity contribution in [2.24, 2.45) is 5.92 Å². The summed E-state index contributed by atoms with van der Waals surface area (Å²) in [7, 11) is 1.76. The number of nitrogens with zero attached hydrogens (tertiary/aromatic N) is 1. The van der Waals surface area contributed by atoms with Crippen LogP contribution >= 0.6 is 0 Å². The summed E-state index contributed by atoms with van der Waals surface area (Å²) < 4.78 is 5.46. The maximum Gasteiger partial charge on any atom is 0.321 e. The third-order valence-electron chi connectivity index (χ3n) is 4.18. The van der Waals surface area contributed by atoms with Gasteiger partial charge in [-0.3, -0.25) is 0 Å². The molecule has 1 fully saturated rings. The van der Waals surface area contributed by atoms with Crippen molar-refractivity contribution in [1.29, 1.82) is 0 Å². The van der Waals surface area contributed by atoms with Crippen molar-refractivity contribution in [2.45, 2.75) is 31.8 Å². The summed E-state index contributed by atoms with van der Waals surface area (Å²) in [6.45, 7) is 4.61. The lowest BCUT2D eigenvalue weighted by atomic mass is 9.86. The number of ether oxygens (including phenoxy) is 1. The molecular weight excluding hydrogens is 292 g/mol. The van der Waals surface area contributed by atoms with Crippen molar-refractivity contribution in [3.63, 3.8) is 0 Å². The van der Waals surface area contributed by atoms with Crippen molar-refractivity contribution in [3.8, 4) is 5.75 Å². The van der Waals surface area contributed by atoms with E-state index in [1.807, 2.05) is 18.2 Å². The smallest absolute Gasteiger partial charge is 0.321 e. The highest BCUT2D eigenvalue weighted by Gasteiger charge is 2.25. The Morgan fingerprint density at radius 1 is 1.48 bits per heavy atom. The molecule has 0 aliphatic heterocycles. The Hall–Kier alpha value is -2.01. The number of anilines is 1. The number of nitrogens with one attached hydrogen (secondary N) is 1. The van der Waals surface area contributed by atoms with E-state index in [0.29, 0.717) is 24.6 Å². The monoisotopic (exact) mass is 318 g/mol. The lowest BCUT2D eigenvalue weighted by Crippen LogP contribution is -2.40. The topological polar surface area (TPSA) is 61.8 Å². The van der Waals surface area contributed by atoms with E-state index in [-0.39, 0.29) is 18.1 Å². The number of hydrogen-bond acceptors (Lipinski definition) is 3. The van der Waals surface area contributed by atoms with Crippen LogP contribution in [0.2, 0.25) is 0 Å². The highest BCUT2D eigenvalue weighted by molar-refractivity contribution is 5.89. The molecule has 1 aliphatic rings. The Balaban J connectivity index is 1.88. The Kier molecular flexibility index (Phi) is 6.47. The molecule has 5 heteroatoms. The number of carbonyl (C=O) groups excluding carboxylic acids is 1. The average molecular weight is 318 g/mol. The molecule has 1 aliphatic carbocycles. The summed E-state index contributed by atoms with van der Waals surface area (Å²) in [4.78, 5) is 13.9. The van der Waals surface area contributed by atoms with Gasteiger partial charge in [0.25, 0.3) is 0 Å². The van der Waals surface area contributed by atoms with E-state index in [9.17, 15) is 9.90 Å². The van der Waals surface area contributed by atoms with Crippen LogP contribution in [0.25, 0.3) is 0 Å². The molecule has 1 aromatic carbocycles. The first-order chi connectivity index (χ1) is 11.1. The molecule has 2 rings (SSSR count). The minimum Gasteiger partial charge on any atom is -0.489 e. The van der Waals surface area contributed by atoms with Crippen LogP contribution in [-0.2, 0) is 0 Å². The van der Waals surface area contributed by atoms with Crippen molar-refractivity contribution in [2.75, 3.05) is 25.5 Å². The van der Waals surface area contributed by atoms with E-state index in [4.69, 9.17) is 4.74 Å². The van der Waals surface area contributed by atoms with Gasteiger partial charge < -0.3 is 20.1 Å². The van der Waals surface area contributed by atoms with Crippen molar-refractivity contribution in [3.05, 3.63) is 36.9 Å². The predicted octanol–water partition coefficient (Wildman–Crippen LogP) is 3.27. The molecule has 2 N–H and O–H groups in total. The van der Waals surface area contributed by atoms with Gasteiger partial charge in [-0.25, -0.2) is 4.79 Å². The Morgan fingerprint density at radius 2 is 2.26 bits per heavy atom. The van der Waals surface area contributed by atoms with Crippen LogP contribution < -0.4 is 10.1 Å². The van der Waals surface area contributed by atoms with Gasteiger partial charge in [-0.1, -0.05) is 31.6 Å². The number of hydrogen-bond donors (Lipinski definition) is 2. The van der Waals surface area contributed by atoms with Gasteiger partial charge in [0.15, 0.2) is 0 Å². The zero-order valence-corrected chi connectivity index (χ0v) is 13.7. The fourth-order valence-electron chi connectivity index (χ4n) is 2.87. The van der Waals surface area contributed by atoms with Crippen molar-refractivity contribution in [1.82, 2.24) is 4.90 Å². The van der Waals surface area contributed by atoms with Crippen LogP contribution in [0.1, 0.15) is 25.7 Å². The van der Waals surface area contributed by atoms with Gasteiger partial charge in [-0.2, -0.15) is 0 Å². The lowest BCUT2D eigenvalue weighted by Gasteiger charge is -2.31.